The Hall–Kier alpha value is -1.26. The van der Waals surface area contributed by atoms with Gasteiger partial charge in [-0.05, 0) is 6.92 Å². The molecule has 7 heteroatoms. The van der Waals surface area contributed by atoms with Crippen LogP contribution in [-0.4, -0.2) is 20.7 Å². The number of hydrogen-bond donors (Lipinski definition) is 2. The van der Waals surface area contributed by atoms with Crippen LogP contribution in [0.25, 0.3) is 0 Å². The Balaban J connectivity index is 3.47. The summed E-state index contributed by atoms with van der Waals surface area (Å²) in [6, 6.07) is 1.90. The van der Waals surface area contributed by atoms with Crippen LogP contribution in [0.4, 0.5) is 10.7 Å². The molecule has 0 aromatic carbocycles. The van der Waals surface area contributed by atoms with Gasteiger partial charge < -0.3 is 11.1 Å². The average molecular weight is 259 g/mol. The predicted octanol–water partition coefficient (Wildman–Crippen LogP) is 1.43. The third-order valence-corrected chi connectivity index (χ3v) is 5.03. The van der Waals surface area contributed by atoms with E-state index in [2.05, 4.69) is 5.32 Å². The van der Waals surface area contributed by atoms with Crippen LogP contribution >= 0.6 is 11.3 Å². The van der Waals surface area contributed by atoms with Crippen molar-refractivity contribution in [3.63, 3.8) is 0 Å². The van der Waals surface area contributed by atoms with Crippen LogP contribution in [0.5, 0.6) is 0 Å². The normalized spacial score (nSPS) is 11.1. The van der Waals surface area contributed by atoms with Crippen LogP contribution in [0, 0.1) is 11.3 Å². The molecule has 0 unspecified atom stereocenters. The largest absolute Gasteiger partial charge is 0.396 e. The second-order valence-corrected chi connectivity index (χ2v) is 6.28. The molecule has 88 valence electrons. The van der Waals surface area contributed by atoms with E-state index in [9.17, 15) is 8.42 Å². The number of nitrogen functional groups attached to an aromatic ring is 1. The van der Waals surface area contributed by atoms with Crippen molar-refractivity contribution in [2.24, 2.45) is 0 Å². The minimum atomic E-state index is -3.40. The molecule has 0 saturated carbocycles. The number of hydrogen-bond acceptors (Lipinski definition) is 6. The quantitative estimate of drug-likeness (QED) is 0.852. The Kier molecular flexibility index (Phi) is 3.78. The van der Waals surface area contributed by atoms with Crippen LogP contribution in [-0.2, 0) is 9.84 Å². The van der Waals surface area contributed by atoms with Gasteiger partial charge >= 0.3 is 0 Å². The lowest BCUT2D eigenvalue weighted by atomic mass is 10.4. The summed E-state index contributed by atoms with van der Waals surface area (Å²) in [5.74, 6) is -0.0306. The van der Waals surface area contributed by atoms with Gasteiger partial charge in [0.15, 0.2) is 9.84 Å². The molecule has 1 rings (SSSR count). The van der Waals surface area contributed by atoms with Crippen LogP contribution in [0.1, 0.15) is 18.7 Å². The molecule has 0 amide bonds. The van der Waals surface area contributed by atoms with E-state index in [1.807, 2.05) is 13.0 Å². The minimum Gasteiger partial charge on any atom is -0.396 e. The molecule has 0 aliphatic heterocycles. The van der Waals surface area contributed by atoms with Crippen LogP contribution in [0.15, 0.2) is 4.90 Å². The number of nitrogens with one attached hydrogen (secondary N) is 1. The van der Waals surface area contributed by atoms with Crippen molar-refractivity contribution in [2.45, 2.75) is 18.7 Å². The number of nitrogens with zero attached hydrogens (tertiary/aromatic N) is 1. The fraction of sp³-hybridized carbons (Fsp3) is 0.444. The SMILES string of the molecule is CCNc1sc(C#N)c(N)c1S(=O)(=O)CC. The van der Waals surface area contributed by atoms with Crippen LogP contribution in [0.2, 0.25) is 0 Å². The van der Waals surface area contributed by atoms with Gasteiger partial charge in [0.1, 0.15) is 20.8 Å². The van der Waals surface area contributed by atoms with Crippen LogP contribution in [0.3, 0.4) is 0 Å². The number of nitrogens with two attached hydrogens (primary N) is 1. The highest BCUT2D eigenvalue weighted by Crippen LogP contribution is 2.39. The number of anilines is 2. The molecule has 0 atom stereocenters. The van der Waals surface area contributed by atoms with Crippen molar-refractivity contribution in [1.82, 2.24) is 0 Å². The van der Waals surface area contributed by atoms with E-state index in [1.165, 1.54) is 0 Å². The topological polar surface area (TPSA) is 96.0 Å². The first-order valence-corrected chi connectivity index (χ1v) is 7.23. The zero-order valence-corrected chi connectivity index (χ0v) is 10.7. The lowest BCUT2D eigenvalue weighted by Crippen LogP contribution is -2.09. The van der Waals surface area contributed by atoms with Crippen molar-refractivity contribution >= 4 is 31.9 Å². The number of rotatable bonds is 4. The summed E-state index contributed by atoms with van der Waals surface area (Å²) in [7, 11) is -3.40. The van der Waals surface area contributed by atoms with Crippen molar-refractivity contribution in [1.29, 1.82) is 5.26 Å². The van der Waals surface area contributed by atoms with E-state index < -0.39 is 9.84 Å². The second-order valence-electron chi connectivity index (χ2n) is 3.05. The maximum atomic E-state index is 11.8. The Morgan fingerprint density at radius 2 is 2.12 bits per heavy atom. The van der Waals surface area contributed by atoms with E-state index >= 15 is 0 Å². The molecule has 1 heterocycles. The molecule has 16 heavy (non-hydrogen) atoms. The molecule has 3 N–H and O–H groups in total. The fourth-order valence-corrected chi connectivity index (χ4v) is 3.77. The van der Waals surface area contributed by atoms with Gasteiger partial charge in [0.05, 0.1) is 11.4 Å². The molecule has 0 radical (unpaired) electrons. The average Bonchev–Trinajstić information content (AvgIpc) is 2.56. The third-order valence-electron chi connectivity index (χ3n) is 2.03. The Morgan fingerprint density at radius 3 is 2.56 bits per heavy atom. The van der Waals surface area contributed by atoms with E-state index in [0.717, 1.165) is 11.3 Å². The molecule has 0 aliphatic rings. The van der Waals surface area contributed by atoms with E-state index in [4.69, 9.17) is 11.0 Å². The first-order valence-electron chi connectivity index (χ1n) is 4.76. The zero-order valence-electron chi connectivity index (χ0n) is 9.07. The molecule has 1 aromatic rings. The monoisotopic (exact) mass is 259 g/mol. The number of nitriles is 1. The highest BCUT2D eigenvalue weighted by Gasteiger charge is 2.25. The summed E-state index contributed by atoms with van der Waals surface area (Å²) in [6.07, 6.45) is 0. The molecule has 1 aromatic heterocycles. The van der Waals surface area contributed by atoms with Gasteiger partial charge in [-0.2, -0.15) is 5.26 Å². The molecule has 0 spiro atoms. The maximum absolute atomic E-state index is 11.8. The van der Waals surface area contributed by atoms with Crippen LogP contribution < -0.4 is 11.1 Å². The summed E-state index contributed by atoms with van der Waals surface area (Å²) < 4.78 is 23.6. The van der Waals surface area contributed by atoms with E-state index in [0.29, 0.717) is 11.5 Å². The van der Waals surface area contributed by atoms with Crippen molar-refractivity contribution in [3.05, 3.63) is 4.88 Å². The molecule has 0 bridgehead atoms. The van der Waals surface area contributed by atoms with Gasteiger partial charge in [0, 0.05) is 6.54 Å². The Labute approximate surface area is 98.8 Å². The molecular formula is C9H13N3O2S2. The standard InChI is InChI=1S/C9H13N3O2S2/c1-3-12-9-8(16(13,14)4-2)7(11)6(5-10)15-9/h12H,3-4,11H2,1-2H3. The summed E-state index contributed by atoms with van der Waals surface area (Å²) >= 11 is 1.08. The fourth-order valence-electron chi connectivity index (χ4n) is 1.24. The predicted molar refractivity (Wildman–Crippen MR) is 65.3 cm³/mol. The third kappa shape index (κ3) is 2.13. The van der Waals surface area contributed by atoms with Gasteiger partial charge in [-0.1, -0.05) is 6.92 Å². The lowest BCUT2D eigenvalue weighted by molar-refractivity contribution is 0.598. The molecule has 0 aliphatic carbocycles. The minimum absolute atomic E-state index is 0.0306. The lowest BCUT2D eigenvalue weighted by Gasteiger charge is -2.05. The summed E-state index contributed by atoms with van der Waals surface area (Å²) in [6.45, 7) is 3.98. The Morgan fingerprint density at radius 1 is 1.50 bits per heavy atom. The van der Waals surface area contributed by atoms with Crippen molar-refractivity contribution in [2.75, 3.05) is 23.3 Å². The zero-order chi connectivity index (χ0) is 12.3. The molecule has 0 saturated heterocycles. The van der Waals surface area contributed by atoms with Gasteiger partial charge in [-0.3, -0.25) is 0 Å². The first kappa shape index (κ1) is 12.8. The van der Waals surface area contributed by atoms with E-state index in [1.54, 1.807) is 6.92 Å². The first-order chi connectivity index (χ1) is 7.47. The second kappa shape index (κ2) is 4.72. The summed E-state index contributed by atoms with van der Waals surface area (Å²) in [5.41, 5.74) is 5.74. The van der Waals surface area contributed by atoms with Gasteiger partial charge in [-0.15, -0.1) is 11.3 Å². The van der Waals surface area contributed by atoms with E-state index in [-0.39, 0.29) is 21.2 Å². The molecular weight excluding hydrogens is 246 g/mol. The number of sulfone groups is 1. The maximum Gasteiger partial charge on any atom is 0.183 e. The Bertz CT molecular complexity index is 526. The molecule has 5 nitrogen and oxygen atoms in total. The van der Waals surface area contributed by atoms with Crippen molar-refractivity contribution < 1.29 is 8.42 Å². The summed E-state index contributed by atoms with van der Waals surface area (Å²) in [5, 5.41) is 12.2. The van der Waals surface area contributed by atoms with Gasteiger partial charge in [-0.25, -0.2) is 8.42 Å². The van der Waals surface area contributed by atoms with Gasteiger partial charge in [0.2, 0.25) is 0 Å². The number of thiophene rings is 1. The van der Waals surface area contributed by atoms with Gasteiger partial charge in [0.25, 0.3) is 0 Å². The smallest absolute Gasteiger partial charge is 0.183 e. The highest BCUT2D eigenvalue weighted by atomic mass is 32.2. The summed E-state index contributed by atoms with van der Waals surface area (Å²) in [4.78, 5) is 0.307. The molecule has 0 fully saturated rings. The van der Waals surface area contributed by atoms with Crippen molar-refractivity contribution in [3.8, 4) is 6.07 Å². The highest BCUT2D eigenvalue weighted by molar-refractivity contribution is 7.91.